The van der Waals surface area contributed by atoms with Crippen LogP contribution in [0.3, 0.4) is 0 Å². The highest BCUT2D eigenvalue weighted by atomic mass is 16.1. The zero-order valence-electron chi connectivity index (χ0n) is 10.1. The van der Waals surface area contributed by atoms with E-state index in [1.165, 1.54) is 0 Å². The average molecular weight is 208 g/mol. The lowest BCUT2D eigenvalue weighted by Crippen LogP contribution is -2.10. The van der Waals surface area contributed by atoms with Crippen molar-refractivity contribution < 1.29 is 4.79 Å². The van der Waals surface area contributed by atoms with Crippen LogP contribution >= 0.6 is 0 Å². The van der Waals surface area contributed by atoms with Gasteiger partial charge in [-0.3, -0.25) is 9.48 Å². The van der Waals surface area contributed by atoms with Gasteiger partial charge in [0.15, 0.2) is 6.29 Å². The Balaban J connectivity index is 3.26. The Morgan fingerprint density at radius 2 is 2.00 bits per heavy atom. The first-order valence-electron chi connectivity index (χ1n) is 5.74. The van der Waals surface area contributed by atoms with E-state index in [1.54, 1.807) is 0 Å². The van der Waals surface area contributed by atoms with E-state index in [0.29, 0.717) is 6.04 Å². The summed E-state index contributed by atoms with van der Waals surface area (Å²) in [5, 5.41) is 4.53. The molecule has 0 aliphatic heterocycles. The van der Waals surface area contributed by atoms with Gasteiger partial charge in [0.05, 0.1) is 11.3 Å². The van der Waals surface area contributed by atoms with Gasteiger partial charge in [0.25, 0.3) is 0 Å². The summed E-state index contributed by atoms with van der Waals surface area (Å²) >= 11 is 0. The van der Waals surface area contributed by atoms with E-state index in [1.807, 2.05) is 11.6 Å². The zero-order valence-corrected chi connectivity index (χ0v) is 10.1. The van der Waals surface area contributed by atoms with Crippen molar-refractivity contribution in [3.63, 3.8) is 0 Å². The van der Waals surface area contributed by atoms with E-state index in [2.05, 4.69) is 25.9 Å². The molecule has 1 heterocycles. The van der Waals surface area contributed by atoms with Crippen LogP contribution in [0, 0.1) is 0 Å². The van der Waals surface area contributed by atoms with Crippen LogP contribution < -0.4 is 0 Å². The molecule has 15 heavy (non-hydrogen) atoms. The Morgan fingerprint density at radius 1 is 1.33 bits per heavy atom. The summed E-state index contributed by atoms with van der Waals surface area (Å²) < 4.78 is 2.02. The molecule has 0 bridgehead atoms. The van der Waals surface area contributed by atoms with Crippen LogP contribution in [0.4, 0.5) is 0 Å². The quantitative estimate of drug-likeness (QED) is 0.697. The number of hydrogen-bond donors (Lipinski definition) is 0. The van der Waals surface area contributed by atoms with Crippen LogP contribution in [0.5, 0.6) is 0 Å². The van der Waals surface area contributed by atoms with Crippen LogP contribution in [0.25, 0.3) is 0 Å². The maximum atomic E-state index is 11.0. The molecule has 0 saturated heterocycles. The second-order valence-corrected chi connectivity index (χ2v) is 3.83. The Kier molecular flexibility index (Phi) is 4.06. The van der Waals surface area contributed by atoms with Crippen LogP contribution in [-0.4, -0.2) is 16.1 Å². The number of rotatable bonds is 5. The van der Waals surface area contributed by atoms with E-state index >= 15 is 0 Å². The van der Waals surface area contributed by atoms with Crippen molar-refractivity contribution in [2.45, 2.75) is 53.0 Å². The number of aromatic nitrogens is 2. The molecule has 3 nitrogen and oxygen atoms in total. The smallest absolute Gasteiger partial charge is 0.153 e. The first kappa shape index (κ1) is 12.0. The minimum absolute atomic E-state index is 0.374. The molecule has 0 amide bonds. The first-order chi connectivity index (χ1) is 7.19. The van der Waals surface area contributed by atoms with Gasteiger partial charge in [-0.15, -0.1) is 0 Å². The molecular weight excluding hydrogens is 188 g/mol. The summed E-state index contributed by atoms with van der Waals surface area (Å²) in [7, 11) is 0. The molecule has 1 rings (SSSR count). The number of carbonyl (C=O) groups excluding carboxylic acids is 1. The number of aryl methyl sites for hydroxylation is 1. The van der Waals surface area contributed by atoms with Gasteiger partial charge >= 0.3 is 0 Å². The fourth-order valence-corrected chi connectivity index (χ4v) is 1.82. The fraction of sp³-hybridized carbons (Fsp3) is 0.667. The minimum Gasteiger partial charge on any atom is -0.298 e. The summed E-state index contributed by atoms with van der Waals surface area (Å²) in [6, 6.07) is 0.374. The van der Waals surface area contributed by atoms with Crippen LogP contribution in [0.15, 0.2) is 0 Å². The largest absolute Gasteiger partial charge is 0.298 e. The van der Waals surface area contributed by atoms with Gasteiger partial charge < -0.3 is 0 Å². The molecule has 0 aliphatic carbocycles. The number of carbonyl (C=O) groups is 1. The third-order valence-corrected chi connectivity index (χ3v) is 2.92. The van der Waals surface area contributed by atoms with Crippen molar-refractivity contribution in [2.24, 2.45) is 0 Å². The molecule has 0 radical (unpaired) electrons. The zero-order chi connectivity index (χ0) is 11.4. The van der Waals surface area contributed by atoms with Gasteiger partial charge in [0.2, 0.25) is 0 Å². The van der Waals surface area contributed by atoms with E-state index in [0.717, 1.165) is 42.5 Å². The molecule has 1 unspecified atom stereocenters. The molecule has 0 aliphatic rings. The monoisotopic (exact) mass is 208 g/mol. The topological polar surface area (TPSA) is 34.9 Å². The summed E-state index contributed by atoms with van der Waals surface area (Å²) in [6.45, 7) is 8.39. The summed E-state index contributed by atoms with van der Waals surface area (Å²) in [4.78, 5) is 11.0. The second-order valence-electron chi connectivity index (χ2n) is 3.83. The lowest BCUT2D eigenvalue weighted by Gasteiger charge is -2.12. The van der Waals surface area contributed by atoms with Gasteiger partial charge in [-0.1, -0.05) is 20.8 Å². The molecule has 0 saturated carbocycles. The fourth-order valence-electron chi connectivity index (χ4n) is 1.82. The van der Waals surface area contributed by atoms with Gasteiger partial charge in [0.1, 0.15) is 0 Å². The van der Waals surface area contributed by atoms with Crippen LogP contribution in [0.2, 0.25) is 0 Å². The van der Waals surface area contributed by atoms with Crippen molar-refractivity contribution in [3.05, 3.63) is 17.0 Å². The Hall–Kier alpha value is -1.12. The number of hydrogen-bond acceptors (Lipinski definition) is 2. The Morgan fingerprint density at radius 3 is 2.40 bits per heavy atom. The highest BCUT2D eigenvalue weighted by Crippen LogP contribution is 2.19. The Bertz CT molecular complexity index is 342. The summed E-state index contributed by atoms with van der Waals surface area (Å²) in [5.74, 6) is 0. The number of nitrogens with zero attached hydrogens (tertiary/aromatic N) is 2. The minimum atomic E-state index is 0.374. The maximum absolute atomic E-state index is 11.0. The van der Waals surface area contributed by atoms with Crippen molar-refractivity contribution in [1.82, 2.24) is 9.78 Å². The third-order valence-electron chi connectivity index (χ3n) is 2.92. The van der Waals surface area contributed by atoms with Crippen LogP contribution in [0.1, 0.15) is 61.9 Å². The van der Waals surface area contributed by atoms with E-state index in [9.17, 15) is 4.79 Å². The first-order valence-corrected chi connectivity index (χ1v) is 5.74. The molecule has 1 aromatic rings. The summed E-state index contributed by atoms with van der Waals surface area (Å²) in [5.41, 5.74) is 2.82. The second kappa shape index (κ2) is 5.10. The standard InChI is InChI=1S/C12H20N2O/c1-5-9(4)14-12(7-3)10(8-15)11(6-2)13-14/h8-9H,5-7H2,1-4H3. The van der Waals surface area contributed by atoms with Crippen LogP contribution in [-0.2, 0) is 12.8 Å². The molecule has 1 atom stereocenters. The highest BCUT2D eigenvalue weighted by Gasteiger charge is 2.17. The van der Waals surface area contributed by atoms with E-state index in [4.69, 9.17) is 0 Å². The third kappa shape index (κ3) is 2.11. The normalized spacial score (nSPS) is 12.8. The molecular formula is C12H20N2O. The molecule has 1 aromatic heterocycles. The molecule has 84 valence electrons. The maximum Gasteiger partial charge on any atom is 0.153 e. The van der Waals surface area contributed by atoms with Crippen molar-refractivity contribution in [1.29, 1.82) is 0 Å². The van der Waals surface area contributed by atoms with Crippen molar-refractivity contribution >= 4 is 6.29 Å². The lowest BCUT2D eigenvalue weighted by molar-refractivity contribution is 0.112. The van der Waals surface area contributed by atoms with E-state index < -0.39 is 0 Å². The predicted octanol–water partition coefficient (Wildman–Crippen LogP) is 2.79. The summed E-state index contributed by atoms with van der Waals surface area (Å²) in [6.07, 6.45) is 3.68. The molecule has 0 fully saturated rings. The molecule has 0 N–H and O–H groups in total. The predicted molar refractivity (Wildman–Crippen MR) is 61.4 cm³/mol. The van der Waals surface area contributed by atoms with E-state index in [-0.39, 0.29) is 0 Å². The number of aldehydes is 1. The molecule has 0 spiro atoms. The van der Waals surface area contributed by atoms with Gasteiger partial charge in [-0.05, 0) is 26.2 Å². The van der Waals surface area contributed by atoms with Crippen molar-refractivity contribution in [2.75, 3.05) is 0 Å². The lowest BCUT2D eigenvalue weighted by atomic mass is 10.1. The Labute approximate surface area is 91.5 Å². The molecule has 0 aromatic carbocycles. The van der Waals surface area contributed by atoms with Gasteiger partial charge in [-0.25, -0.2) is 0 Å². The SMILES string of the molecule is CCc1nn(C(C)CC)c(CC)c1C=O. The molecule has 3 heteroatoms. The highest BCUT2D eigenvalue weighted by molar-refractivity contribution is 5.78. The van der Waals surface area contributed by atoms with Gasteiger partial charge in [-0.2, -0.15) is 5.10 Å². The average Bonchev–Trinajstić information content (AvgIpc) is 2.65. The van der Waals surface area contributed by atoms with Gasteiger partial charge in [0, 0.05) is 11.7 Å². The van der Waals surface area contributed by atoms with Crippen molar-refractivity contribution in [3.8, 4) is 0 Å².